The van der Waals surface area contributed by atoms with Crippen molar-refractivity contribution in [2.75, 3.05) is 6.54 Å². The Hall–Kier alpha value is -1.25. The number of hydrogen-bond donors (Lipinski definition) is 2. The molecule has 2 aliphatic heterocycles. The Morgan fingerprint density at radius 1 is 1.50 bits per heavy atom. The minimum absolute atomic E-state index is 0.0758. The average molecular weight is 136 g/mol. The summed E-state index contributed by atoms with van der Waals surface area (Å²) in [7, 11) is 0. The maximum Gasteiger partial charge on any atom is 0.249 e. The van der Waals surface area contributed by atoms with E-state index in [4.69, 9.17) is 0 Å². The molecular weight excluding hydrogens is 128 g/mol. The second-order valence-corrected chi connectivity index (χ2v) is 2.39. The molecule has 52 valence electrons. The molecule has 1 amide bonds. The number of carbonyl (C=O) groups is 1. The number of carbonyl (C=O) groups excluding carboxylic acids is 1. The fraction of sp³-hybridized carbons (Fsp3) is 0.286. The molecule has 2 N–H and O–H groups in total. The lowest BCUT2D eigenvalue weighted by molar-refractivity contribution is -0.116. The van der Waals surface area contributed by atoms with E-state index in [-0.39, 0.29) is 5.91 Å². The van der Waals surface area contributed by atoms with Crippen molar-refractivity contribution in [1.82, 2.24) is 10.6 Å². The van der Waals surface area contributed by atoms with Gasteiger partial charge in [0.15, 0.2) is 0 Å². The van der Waals surface area contributed by atoms with Gasteiger partial charge in [0.2, 0.25) is 5.91 Å². The van der Waals surface area contributed by atoms with Crippen molar-refractivity contribution in [3.05, 3.63) is 23.5 Å². The van der Waals surface area contributed by atoms with Gasteiger partial charge in [-0.3, -0.25) is 4.79 Å². The van der Waals surface area contributed by atoms with Crippen LogP contribution in [0.5, 0.6) is 0 Å². The quantitative estimate of drug-likeness (QED) is 0.487. The second kappa shape index (κ2) is 1.87. The largest absolute Gasteiger partial charge is 0.363 e. The van der Waals surface area contributed by atoms with E-state index in [1.165, 1.54) is 0 Å². The molecule has 2 aliphatic rings. The van der Waals surface area contributed by atoms with Gasteiger partial charge in [-0.15, -0.1) is 0 Å². The van der Waals surface area contributed by atoms with Gasteiger partial charge in [-0.1, -0.05) is 6.08 Å². The van der Waals surface area contributed by atoms with Crippen LogP contribution in [0.15, 0.2) is 23.5 Å². The summed E-state index contributed by atoms with van der Waals surface area (Å²) in [5.74, 6) is 0.0758. The number of dihydropyridines is 1. The zero-order valence-electron chi connectivity index (χ0n) is 5.48. The first kappa shape index (κ1) is 5.53. The Balaban J connectivity index is 2.31. The van der Waals surface area contributed by atoms with Crippen LogP contribution in [-0.4, -0.2) is 12.5 Å². The fourth-order valence-electron chi connectivity index (χ4n) is 1.21. The fourth-order valence-corrected chi connectivity index (χ4v) is 1.21. The van der Waals surface area contributed by atoms with E-state index >= 15 is 0 Å². The minimum atomic E-state index is 0.0758. The molecule has 0 radical (unpaired) electrons. The number of nitrogens with one attached hydrogen (secondary N) is 2. The highest BCUT2D eigenvalue weighted by Crippen LogP contribution is 2.15. The molecule has 3 heteroatoms. The molecule has 3 nitrogen and oxygen atoms in total. The molecule has 0 fully saturated rings. The molecule has 0 saturated heterocycles. The van der Waals surface area contributed by atoms with Crippen molar-refractivity contribution in [3.63, 3.8) is 0 Å². The summed E-state index contributed by atoms with van der Waals surface area (Å²) in [4.78, 5) is 11.0. The Morgan fingerprint density at radius 3 is 3.20 bits per heavy atom. The standard InChI is InChI=1S/C7H8N2O/c10-7-5-2-1-3-8-6(5)4-9-7/h1,3,8H,2,4H2,(H,9,10). The normalized spacial score (nSPS) is 22.2. The van der Waals surface area contributed by atoms with Crippen molar-refractivity contribution in [2.24, 2.45) is 0 Å². The molecule has 2 heterocycles. The molecular formula is C7H8N2O. The van der Waals surface area contributed by atoms with Crippen LogP contribution < -0.4 is 10.6 Å². The number of hydrogen-bond acceptors (Lipinski definition) is 2. The van der Waals surface area contributed by atoms with Gasteiger partial charge in [-0.05, 0) is 12.6 Å². The van der Waals surface area contributed by atoms with Crippen molar-refractivity contribution < 1.29 is 4.79 Å². The average Bonchev–Trinajstić information content (AvgIpc) is 2.34. The molecule has 0 aliphatic carbocycles. The SMILES string of the molecule is O=C1NCC2=C1CC=CN2. The van der Waals surface area contributed by atoms with E-state index in [1.807, 2.05) is 12.3 Å². The van der Waals surface area contributed by atoms with Gasteiger partial charge >= 0.3 is 0 Å². The van der Waals surface area contributed by atoms with Crippen LogP contribution >= 0.6 is 0 Å². The maximum atomic E-state index is 11.0. The Morgan fingerprint density at radius 2 is 2.40 bits per heavy atom. The van der Waals surface area contributed by atoms with Gasteiger partial charge in [-0.25, -0.2) is 0 Å². The van der Waals surface area contributed by atoms with Gasteiger partial charge in [0, 0.05) is 11.3 Å². The molecule has 0 unspecified atom stereocenters. The first-order chi connectivity index (χ1) is 4.88. The van der Waals surface area contributed by atoms with Gasteiger partial charge in [-0.2, -0.15) is 0 Å². The Kier molecular flexibility index (Phi) is 1.03. The zero-order valence-corrected chi connectivity index (χ0v) is 5.48. The summed E-state index contributed by atoms with van der Waals surface area (Å²) in [6.07, 6.45) is 4.59. The molecule has 0 atom stereocenters. The molecule has 0 aromatic heterocycles. The lowest BCUT2D eigenvalue weighted by Crippen LogP contribution is -2.17. The Labute approximate surface area is 58.8 Å². The molecule has 0 aromatic rings. The van der Waals surface area contributed by atoms with Crippen LogP contribution in [0.4, 0.5) is 0 Å². The molecule has 0 saturated carbocycles. The first-order valence-corrected chi connectivity index (χ1v) is 3.30. The van der Waals surface area contributed by atoms with Crippen molar-refractivity contribution in [3.8, 4) is 0 Å². The lowest BCUT2D eigenvalue weighted by Gasteiger charge is -2.06. The van der Waals surface area contributed by atoms with Gasteiger partial charge in [0.25, 0.3) is 0 Å². The summed E-state index contributed by atoms with van der Waals surface area (Å²) in [5.41, 5.74) is 1.93. The van der Waals surface area contributed by atoms with E-state index in [2.05, 4.69) is 10.6 Å². The third-order valence-corrected chi connectivity index (χ3v) is 1.76. The molecule has 10 heavy (non-hydrogen) atoms. The molecule has 0 bridgehead atoms. The van der Waals surface area contributed by atoms with Gasteiger partial charge in [0.1, 0.15) is 0 Å². The van der Waals surface area contributed by atoms with E-state index < -0.39 is 0 Å². The second-order valence-electron chi connectivity index (χ2n) is 2.39. The Bertz CT molecular complexity index is 240. The number of rotatable bonds is 0. The number of amides is 1. The zero-order chi connectivity index (χ0) is 6.97. The van der Waals surface area contributed by atoms with Crippen LogP contribution in [0.2, 0.25) is 0 Å². The van der Waals surface area contributed by atoms with E-state index in [1.54, 1.807) is 0 Å². The highest BCUT2D eigenvalue weighted by Gasteiger charge is 2.21. The van der Waals surface area contributed by atoms with Crippen LogP contribution in [-0.2, 0) is 4.79 Å². The van der Waals surface area contributed by atoms with E-state index in [0.717, 1.165) is 17.7 Å². The maximum absolute atomic E-state index is 11.0. The summed E-state index contributed by atoms with van der Waals surface area (Å²) in [6.45, 7) is 0.665. The predicted molar refractivity (Wildman–Crippen MR) is 36.9 cm³/mol. The summed E-state index contributed by atoms with van der Waals surface area (Å²) in [6, 6.07) is 0. The van der Waals surface area contributed by atoms with Crippen molar-refractivity contribution in [1.29, 1.82) is 0 Å². The van der Waals surface area contributed by atoms with Crippen LogP contribution in [0.25, 0.3) is 0 Å². The van der Waals surface area contributed by atoms with Crippen LogP contribution in [0, 0.1) is 0 Å². The van der Waals surface area contributed by atoms with Crippen LogP contribution in [0.1, 0.15) is 6.42 Å². The van der Waals surface area contributed by atoms with E-state index in [9.17, 15) is 4.79 Å². The van der Waals surface area contributed by atoms with Crippen LogP contribution in [0.3, 0.4) is 0 Å². The molecule has 0 aromatic carbocycles. The number of allylic oxidation sites excluding steroid dienone is 1. The summed E-state index contributed by atoms with van der Waals surface area (Å²) >= 11 is 0. The first-order valence-electron chi connectivity index (χ1n) is 3.30. The predicted octanol–water partition coefficient (Wildman–Crippen LogP) is -0.123. The third-order valence-electron chi connectivity index (χ3n) is 1.76. The smallest absolute Gasteiger partial charge is 0.249 e. The monoisotopic (exact) mass is 136 g/mol. The third kappa shape index (κ3) is 0.635. The van der Waals surface area contributed by atoms with E-state index in [0.29, 0.717) is 6.54 Å². The van der Waals surface area contributed by atoms with Crippen molar-refractivity contribution >= 4 is 5.91 Å². The van der Waals surface area contributed by atoms with Gasteiger partial charge < -0.3 is 10.6 Å². The highest BCUT2D eigenvalue weighted by atomic mass is 16.1. The summed E-state index contributed by atoms with van der Waals surface area (Å²) < 4.78 is 0. The topological polar surface area (TPSA) is 41.1 Å². The van der Waals surface area contributed by atoms with Gasteiger partial charge in [0.05, 0.1) is 6.54 Å². The van der Waals surface area contributed by atoms with Crippen molar-refractivity contribution in [2.45, 2.75) is 6.42 Å². The minimum Gasteiger partial charge on any atom is -0.363 e. The highest BCUT2D eigenvalue weighted by molar-refractivity contribution is 5.97. The molecule has 0 spiro atoms. The summed E-state index contributed by atoms with van der Waals surface area (Å²) in [5, 5.41) is 5.77. The lowest BCUT2D eigenvalue weighted by atomic mass is 10.1. The molecule has 2 rings (SSSR count).